The Morgan fingerprint density at radius 3 is 2.33 bits per heavy atom. The Balaban J connectivity index is 2.33. The van der Waals surface area contributed by atoms with Gasteiger partial charge in [0.1, 0.15) is 0 Å². The van der Waals surface area contributed by atoms with Gasteiger partial charge in [0, 0.05) is 17.8 Å². The highest BCUT2D eigenvalue weighted by Gasteiger charge is 2.17. The lowest BCUT2D eigenvalue weighted by atomic mass is 9.94. The van der Waals surface area contributed by atoms with Gasteiger partial charge in [0.15, 0.2) is 0 Å². The van der Waals surface area contributed by atoms with Crippen LogP contribution in [0.25, 0.3) is 11.1 Å². The molecule has 0 aliphatic rings. The predicted octanol–water partition coefficient (Wildman–Crippen LogP) is 4.02. The van der Waals surface area contributed by atoms with Crippen molar-refractivity contribution in [3.63, 3.8) is 0 Å². The van der Waals surface area contributed by atoms with Crippen molar-refractivity contribution < 1.29 is 9.90 Å². The highest BCUT2D eigenvalue weighted by atomic mass is 16.4. The molecule has 1 unspecified atom stereocenters. The second-order valence-corrected chi connectivity index (χ2v) is 5.62. The maximum Gasteiger partial charge on any atom is 0.310 e. The molecule has 4 nitrogen and oxygen atoms in total. The Morgan fingerprint density at radius 2 is 1.90 bits per heavy atom. The molecule has 21 heavy (non-hydrogen) atoms. The van der Waals surface area contributed by atoms with Gasteiger partial charge < -0.3 is 5.11 Å². The van der Waals surface area contributed by atoms with Crippen LogP contribution in [0, 0.1) is 6.92 Å². The van der Waals surface area contributed by atoms with E-state index < -0.39 is 11.9 Å². The zero-order valence-corrected chi connectivity index (χ0v) is 13.0. The first kappa shape index (κ1) is 15.3. The van der Waals surface area contributed by atoms with Gasteiger partial charge >= 0.3 is 5.97 Å². The Bertz CT molecular complexity index is 627. The second-order valence-electron chi connectivity index (χ2n) is 5.62. The summed E-state index contributed by atoms with van der Waals surface area (Å²) in [5.41, 5.74) is 4.01. The molecule has 0 saturated heterocycles. The number of hydrogen-bond donors (Lipinski definition) is 1. The SMILES string of the molecule is CCC(C(=O)O)c1ccc(-c2cn(C(C)C)nc2C)cc1. The van der Waals surface area contributed by atoms with E-state index in [4.69, 9.17) is 0 Å². The van der Waals surface area contributed by atoms with Crippen LogP contribution in [0.4, 0.5) is 0 Å². The molecule has 1 atom stereocenters. The number of benzene rings is 1. The highest BCUT2D eigenvalue weighted by molar-refractivity contribution is 5.76. The molecule has 0 aliphatic carbocycles. The molecule has 2 rings (SSSR count). The van der Waals surface area contributed by atoms with Crippen molar-refractivity contribution in [3.05, 3.63) is 41.7 Å². The summed E-state index contributed by atoms with van der Waals surface area (Å²) in [6, 6.07) is 8.10. The molecule has 1 aromatic heterocycles. The summed E-state index contributed by atoms with van der Waals surface area (Å²) in [5, 5.41) is 13.7. The topological polar surface area (TPSA) is 55.1 Å². The van der Waals surface area contributed by atoms with Crippen LogP contribution in [-0.4, -0.2) is 20.9 Å². The van der Waals surface area contributed by atoms with Crippen LogP contribution >= 0.6 is 0 Å². The zero-order chi connectivity index (χ0) is 15.6. The number of carboxylic acids is 1. The van der Waals surface area contributed by atoms with Crippen molar-refractivity contribution in [2.24, 2.45) is 0 Å². The number of hydrogen-bond acceptors (Lipinski definition) is 2. The molecule has 0 saturated carbocycles. The van der Waals surface area contributed by atoms with E-state index in [0.717, 1.165) is 22.4 Å². The Hall–Kier alpha value is -2.10. The van der Waals surface area contributed by atoms with Crippen molar-refractivity contribution in [1.82, 2.24) is 9.78 Å². The van der Waals surface area contributed by atoms with Crippen LogP contribution in [0.5, 0.6) is 0 Å². The van der Waals surface area contributed by atoms with Crippen molar-refractivity contribution >= 4 is 5.97 Å². The lowest BCUT2D eigenvalue weighted by molar-refractivity contribution is -0.138. The molecule has 0 amide bonds. The van der Waals surface area contributed by atoms with E-state index in [2.05, 4.69) is 18.9 Å². The standard InChI is InChI=1S/C17H22N2O2/c1-5-15(17(20)21)13-6-8-14(9-7-13)16-10-19(11(2)3)18-12(16)4/h6-11,15H,5H2,1-4H3,(H,20,21). The number of rotatable bonds is 5. The van der Waals surface area contributed by atoms with Crippen molar-refractivity contribution in [3.8, 4) is 11.1 Å². The van der Waals surface area contributed by atoms with E-state index in [-0.39, 0.29) is 0 Å². The number of carbonyl (C=O) groups is 1. The molecular formula is C17H22N2O2. The van der Waals surface area contributed by atoms with E-state index in [9.17, 15) is 9.90 Å². The molecule has 2 aromatic rings. The van der Waals surface area contributed by atoms with Gasteiger partial charge in [0.25, 0.3) is 0 Å². The van der Waals surface area contributed by atoms with Crippen molar-refractivity contribution in [2.75, 3.05) is 0 Å². The van der Waals surface area contributed by atoms with Crippen molar-refractivity contribution in [2.45, 2.75) is 46.1 Å². The molecule has 1 N–H and O–H groups in total. The molecular weight excluding hydrogens is 264 g/mol. The number of aromatic nitrogens is 2. The average Bonchev–Trinajstić information content (AvgIpc) is 2.82. The molecule has 112 valence electrons. The predicted molar refractivity (Wildman–Crippen MR) is 83.5 cm³/mol. The molecule has 0 bridgehead atoms. The summed E-state index contributed by atoms with van der Waals surface area (Å²) in [6.45, 7) is 8.08. The molecule has 1 heterocycles. The lowest BCUT2D eigenvalue weighted by Crippen LogP contribution is -2.10. The summed E-state index contributed by atoms with van der Waals surface area (Å²) in [7, 11) is 0. The van der Waals surface area contributed by atoms with Gasteiger partial charge in [0.05, 0.1) is 11.6 Å². The first-order chi connectivity index (χ1) is 9.93. The highest BCUT2D eigenvalue weighted by Crippen LogP contribution is 2.27. The molecule has 1 aromatic carbocycles. The van der Waals surface area contributed by atoms with Gasteiger partial charge in [-0.15, -0.1) is 0 Å². The van der Waals surface area contributed by atoms with Crippen LogP contribution in [0.1, 0.15) is 50.4 Å². The fourth-order valence-electron chi connectivity index (χ4n) is 2.48. The minimum Gasteiger partial charge on any atom is -0.481 e. The maximum absolute atomic E-state index is 11.2. The van der Waals surface area contributed by atoms with E-state index in [0.29, 0.717) is 12.5 Å². The largest absolute Gasteiger partial charge is 0.481 e. The summed E-state index contributed by atoms with van der Waals surface area (Å²) in [6.07, 6.45) is 2.64. The van der Waals surface area contributed by atoms with Gasteiger partial charge in [0.2, 0.25) is 0 Å². The first-order valence-electron chi connectivity index (χ1n) is 7.33. The van der Waals surface area contributed by atoms with E-state index in [1.165, 1.54) is 0 Å². The Morgan fingerprint density at radius 1 is 1.29 bits per heavy atom. The van der Waals surface area contributed by atoms with Gasteiger partial charge in [-0.25, -0.2) is 0 Å². The lowest BCUT2D eigenvalue weighted by Gasteiger charge is -2.10. The zero-order valence-electron chi connectivity index (χ0n) is 13.0. The third-order valence-electron chi connectivity index (χ3n) is 3.78. The first-order valence-corrected chi connectivity index (χ1v) is 7.33. The third-order valence-corrected chi connectivity index (χ3v) is 3.78. The van der Waals surface area contributed by atoms with E-state index >= 15 is 0 Å². The van der Waals surface area contributed by atoms with Crippen LogP contribution in [0.2, 0.25) is 0 Å². The third kappa shape index (κ3) is 3.15. The normalized spacial score (nSPS) is 12.6. The molecule has 0 radical (unpaired) electrons. The van der Waals surface area contributed by atoms with Crippen LogP contribution in [-0.2, 0) is 4.79 Å². The molecule has 0 fully saturated rings. The van der Waals surface area contributed by atoms with Crippen molar-refractivity contribution in [1.29, 1.82) is 0 Å². The fourth-order valence-corrected chi connectivity index (χ4v) is 2.48. The van der Waals surface area contributed by atoms with Gasteiger partial charge in [-0.1, -0.05) is 31.2 Å². The quantitative estimate of drug-likeness (QED) is 0.903. The fraction of sp³-hybridized carbons (Fsp3) is 0.412. The minimum atomic E-state index is -0.769. The monoisotopic (exact) mass is 286 g/mol. The van der Waals surface area contributed by atoms with Crippen LogP contribution in [0.15, 0.2) is 30.5 Å². The summed E-state index contributed by atoms with van der Waals surface area (Å²) >= 11 is 0. The number of aryl methyl sites for hydroxylation is 1. The van der Waals surface area contributed by atoms with Gasteiger partial charge in [-0.2, -0.15) is 5.10 Å². The maximum atomic E-state index is 11.2. The summed E-state index contributed by atoms with van der Waals surface area (Å²) in [4.78, 5) is 11.2. The smallest absolute Gasteiger partial charge is 0.310 e. The van der Waals surface area contributed by atoms with Crippen LogP contribution in [0.3, 0.4) is 0 Å². The molecule has 0 aliphatic heterocycles. The second kappa shape index (κ2) is 6.12. The molecule has 4 heteroatoms. The van der Waals surface area contributed by atoms with E-state index in [1.807, 2.05) is 49.0 Å². The van der Waals surface area contributed by atoms with Gasteiger partial charge in [-0.05, 0) is 38.3 Å². The number of carboxylic acid groups (broad SMARTS) is 1. The van der Waals surface area contributed by atoms with Crippen LogP contribution < -0.4 is 0 Å². The van der Waals surface area contributed by atoms with Gasteiger partial charge in [-0.3, -0.25) is 9.48 Å². The number of nitrogens with zero attached hydrogens (tertiary/aromatic N) is 2. The average molecular weight is 286 g/mol. The molecule has 0 spiro atoms. The Kier molecular flexibility index (Phi) is 4.46. The summed E-state index contributed by atoms with van der Waals surface area (Å²) < 4.78 is 1.95. The van der Waals surface area contributed by atoms with E-state index in [1.54, 1.807) is 0 Å². The number of aliphatic carboxylic acids is 1. The minimum absolute atomic E-state index is 0.327. The Labute approximate surface area is 125 Å². The summed E-state index contributed by atoms with van der Waals surface area (Å²) in [5.74, 6) is -1.20.